The quantitative estimate of drug-likeness (QED) is 0.737. The number of methoxy groups -OCH3 is 1. The van der Waals surface area contributed by atoms with Gasteiger partial charge in [-0.3, -0.25) is 14.0 Å². The zero-order valence-corrected chi connectivity index (χ0v) is 11.2. The molecule has 0 aliphatic rings. The highest BCUT2D eigenvalue weighted by Gasteiger charge is 2.08. The molecule has 0 saturated carbocycles. The van der Waals surface area contributed by atoms with Gasteiger partial charge in [-0.2, -0.15) is 0 Å². The molecule has 0 saturated heterocycles. The van der Waals surface area contributed by atoms with Crippen LogP contribution in [0.2, 0.25) is 0 Å². The minimum atomic E-state index is -0.924. The van der Waals surface area contributed by atoms with Crippen LogP contribution < -0.4 is 10.3 Å². The highest BCUT2D eigenvalue weighted by molar-refractivity contribution is 5.81. The fourth-order valence-electron chi connectivity index (χ4n) is 2.24. The molecular formula is C15H12N2O4. The zero-order valence-electron chi connectivity index (χ0n) is 11.2. The topological polar surface area (TPSA) is 80.9 Å². The lowest BCUT2D eigenvalue weighted by Gasteiger charge is -2.06. The Labute approximate surface area is 119 Å². The maximum atomic E-state index is 12.4. The predicted octanol–water partition coefficient (Wildman–Crippen LogP) is 1.48. The van der Waals surface area contributed by atoms with E-state index in [2.05, 4.69) is 4.98 Å². The second-order valence-electron chi connectivity index (χ2n) is 4.63. The Morgan fingerprint density at radius 3 is 2.86 bits per heavy atom. The van der Waals surface area contributed by atoms with Crippen molar-refractivity contribution >= 4 is 22.5 Å². The van der Waals surface area contributed by atoms with Crippen molar-refractivity contribution in [1.82, 2.24) is 9.38 Å². The summed E-state index contributed by atoms with van der Waals surface area (Å²) in [6.07, 6.45) is 1.44. The largest absolute Gasteiger partial charge is 0.497 e. The molecule has 0 unspecified atom stereocenters. The Morgan fingerprint density at radius 1 is 1.33 bits per heavy atom. The molecule has 3 rings (SSSR count). The molecule has 106 valence electrons. The smallest absolute Gasteiger partial charge is 0.307 e. The molecule has 3 aromatic rings. The number of carboxylic acids is 1. The Morgan fingerprint density at radius 2 is 2.14 bits per heavy atom. The molecule has 1 aromatic carbocycles. The second-order valence-corrected chi connectivity index (χ2v) is 4.63. The van der Waals surface area contributed by atoms with E-state index in [1.165, 1.54) is 11.5 Å². The van der Waals surface area contributed by atoms with Gasteiger partial charge in [0.1, 0.15) is 11.4 Å². The second kappa shape index (κ2) is 4.90. The molecule has 0 fully saturated rings. The molecule has 0 bridgehead atoms. The molecule has 0 radical (unpaired) electrons. The molecule has 6 heteroatoms. The van der Waals surface area contributed by atoms with Gasteiger partial charge in [-0.15, -0.1) is 0 Å². The SMILES string of the molecule is COc1ccc2nc3cc(CC(=O)O)ccn3c(=O)c2c1. The van der Waals surface area contributed by atoms with Crippen LogP contribution in [0.5, 0.6) is 5.75 Å². The van der Waals surface area contributed by atoms with Gasteiger partial charge in [-0.1, -0.05) is 0 Å². The van der Waals surface area contributed by atoms with Crippen molar-refractivity contribution in [3.05, 3.63) is 52.4 Å². The van der Waals surface area contributed by atoms with Gasteiger partial charge < -0.3 is 9.84 Å². The van der Waals surface area contributed by atoms with Crippen LogP contribution in [-0.4, -0.2) is 27.6 Å². The molecule has 0 aliphatic heterocycles. The number of fused-ring (bicyclic) bond motifs is 2. The number of hydrogen-bond acceptors (Lipinski definition) is 4. The van der Waals surface area contributed by atoms with Crippen molar-refractivity contribution in [2.45, 2.75) is 6.42 Å². The first-order valence-corrected chi connectivity index (χ1v) is 6.29. The number of pyridine rings is 1. The van der Waals surface area contributed by atoms with Gasteiger partial charge in [0.25, 0.3) is 5.56 Å². The average Bonchev–Trinajstić information content (AvgIpc) is 2.46. The lowest BCUT2D eigenvalue weighted by Crippen LogP contribution is -2.15. The van der Waals surface area contributed by atoms with Crippen LogP contribution >= 0.6 is 0 Å². The summed E-state index contributed by atoms with van der Waals surface area (Å²) in [6.45, 7) is 0. The molecule has 0 amide bonds. The monoisotopic (exact) mass is 284 g/mol. The molecule has 6 nitrogen and oxygen atoms in total. The number of benzene rings is 1. The number of nitrogens with zero attached hydrogens (tertiary/aromatic N) is 2. The van der Waals surface area contributed by atoms with Crippen molar-refractivity contribution in [3.8, 4) is 5.75 Å². The molecule has 0 atom stereocenters. The third kappa shape index (κ3) is 2.31. The van der Waals surface area contributed by atoms with Crippen molar-refractivity contribution in [2.75, 3.05) is 7.11 Å². The van der Waals surface area contributed by atoms with Gasteiger partial charge in [0, 0.05) is 6.20 Å². The Bertz CT molecular complexity index is 915. The van der Waals surface area contributed by atoms with Gasteiger partial charge >= 0.3 is 5.97 Å². The number of rotatable bonds is 3. The lowest BCUT2D eigenvalue weighted by atomic mass is 10.2. The first kappa shape index (κ1) is 13.1. The third-order valence-corrected chi connectivity index (χ3v) is 3.24. The summed E-state index contributed by atoms with van der Waals surface area (Å²) >= 11 is 0. The number of aromatic nitrogens is 2. The minimum Gasteiger partial charge on any atom is -0.497 e. The summed E-state index contributed by atoms with van der Waals surface area (Å²) in [4.78, 5) is 27.6. The summed E-state index contributed by atoms with van der Waals surface area (Å²) in [5.41, 5.74) is 1.36. The maximum absolute atomic E-state index is 12.4. The van der Waals surface area contributed by atoms with Crippen LogP contribution in [0.3, 0.4) is 0 Å². The van der Waals surface area contributed by atoms with Crippen LogP contribution in [-0.2, 0) is 11.2 Å². The van der Waals surface area contributed by atoms with E-state index >= 15 is 0 Å². The van der Waals surface area contributed by atoms with Crippen LogP contribution in [0.25, 0.3) is 16.6 Å². The van der Waals surface area contributed by atoms with Gasteiger partial charge in [-0.05, 0) is 35.9 Å². The van der Waals surface area contributed by atoms with Gasteiger partial charge in [0.2, 0.25) is 0 Å². The normalized spacial score (nSPS) is 10.9. The number of hydrogen-bond donors (Lipinski definition) is 1. The summed E-state index contributed by atoms with van der Waals surface area (Å²) in [7, 11) is 1.53. The highest BCUT2D eigenvalue weighted by Crippen LogP contribution is 2.17. The summed E-state index contributed by atoms with van der Waals surface area (Å²) < 4.78 is 6.51. The first-order chi connectivity index (χ1) is 10.1. The molecule has 21 heavy (non-hydrogen) atoms. The van der Waals surface area contributed by atoms with E-state index in [9.17, 15) is 9.59 Å². The molecule has 1 N–H and O–H groups in total. The van der Waals surface area contributed by atoms with E-state index in [1.54, 1.807) is 36.5 Å². The maximum Gasteiger partial charge on any atom is 0.307 e. The van der Waals surface area contributed by atoms with Crippen LogP contribution in [0.1, 0.15) is 5.56 Å². The van der Waals surface area contributed by atoms with E-state index in [-0.39, 0.29) is 12.0 Å². The summed E-state index contributed by atoms with van der Waals surface area (Å²) in [5.74, 6) is -0.337. The van der Waals surface area contributed by atoms with Crippen LogP contribution in [0, 0.1) is 0 Å². The van der Waals surface area contributed by atoms with Gasteiger partial charge in [0.15, 0.2) is 0 Å². The number of aliphatic carboxylic acids is 1. The van der Waals surface area contributed by atoms with Gasteiger partial charge in [-0.25, -0.2) is 4.98 Å². The lowest BCUT2D eigenvalue weighted by molar-refractivity contribution is -0.136. The van der Waals surface area contributed by atoms with Crippen molar-refractivity contribution in [1.29, 1.82) is 0 Å². The highest BCUT2D eigenvalue weighted by atomic mass is 16.5. The fourth-order valence-corrected chi connectivity index (χ4v) is 2.24. The van der Waals surface area contributed by atoms with E-state index in [0.717, 1.165) is 0 Å². The summed E-state index contributed by atoms with van der Waals surface area (Å²) in [6, 6.07) is 8.30. The van der Waals surface area contributed by atoms with E-state index < -0.39 is 5.97 Å². The molecule has 0 spiro atoms. The Balaban J connectivity index is 2.28. The van der Waals surface area contributed by atoms with E-state index in [4.69, 9.17) is 9.84 Å². The number of carbonyl (C=O) groups is 1. The minimum absolute atomic E-state index is 0.104. The van der Waals surface area contributed by atoms with E-state index in [1.807, 2.05) is 0 Å². The Hall–Kier alpha value is -2.89. The predicted molar refractivity (Wildman–Crippen MR) is 76.9 cm³/mol. The molecule has 2 aromatic heterocycles. The van der Waals surface area contributed by atoms with Crippen molar-refractivity contribution < 1.29 is 14.6 Å². The fraction of sp³-hybridized carbons (Fsp3) is 0.133. The van der Waals surface area contributed by atoms with Crippen LogP contribution in [0.15, 0.2) is 41.3 Å². The van der Waals surface area contributed by atoms with E-state index in [0.29, 0.717) is 27.9 Å². The van der Waals surface area contributed by atoms with Crippen molar-refractivity contribution in [3.63, 3.8) is 0 Å². The molecule has 2 heterocycles. The van der Waals surface area contributed by atoms with Crippen molar-refractivity contribution in [2.24, 2.45) is 0 Å². The van der Waals surface area contributed by atoms with Crippen LogP contribution in [0.4, 0.5) is 0 Å². The molecular weight excluding hydrogens is 272 g/mol. The standard InChI is InChI=1S/C15H12N2O4/c1-21-10-2-3-12-11(8-10)15(20)17-5-4-9(7-14(18)19)6-13(17)16-12/h2-6,8H,7H2,1H3,(H,18,19). The molecule has 0 aliphatic carbocycles. The zero-order chi connectivity index (χ0) is 15.0. The number of carboxylic acid groups (broad SMARTS) is 1. The first-order valence-electron chi connectivity index (χ1n) is 6.29. The summed E-state index contributed by atoms with van der Waals surface area (Å²) in [5, 5.41) is 9.28. The van der Waals surface area contributed by atoms with Gasteiger partial charge in [0.05, 0.1) is 24.4 Å². The number of ether oxygens (including phenoxy) is 1. The average molecular weight is 284 g/mol. The Kier molecular flexibility index (Phi) is 3.06. The third-order valence-electron chi connectivity index (χ3n) is 3.24.